The van der Waals surface area contributed by atoms with Crippen LogP contribution in [0.5, 0.6) is 11.5 Å². The number of aromatic hydroxyl groups is 1. The van der Waals surface area contributed by atoms with Crippen molar-refractivity contribution in [1.29, 1.82) is 0 Å². The van der Waals surface area contributed by atoms with E-state index in [0.29, 0.717) is 12.6 Å². The first-order valence-corrected chi connectivity index (χ1v) is 9.59. The van der Waals surface area contributed by atoms with E-state index in [1.54, 1.807) is 26.3 Å². The summed E-state index contributed by atoms with van der Waals surface area (Å²) in [6.45, 7) is 4.44. The van der Waals surface area contributed by atoms with E-state index in [0.717, 1.165) is 49.0 Å². The number of hydrogen-bond donors (Lipinski definition) is 3. The van der Waals surface area contributed by atoms with Crippen LogP contribution in [0.15, 0.2) is 41.5 Å². The van der Waals surface area contributed by atoms with E-state index in [4.69, 9.17) is 4.74 Å². The number of pyridine rings is 1. The maximum atomic E-state index is 10.0. The van der Waals surface area contributed by atoms with Crippen molar-refractivity contribution in [2.75, 3.05) is 32.1 Å². The molecule has 2 aromatic rings. The Labute approximate surface area is 166 Å². The Bertz CT molecular complexity index is 799. The lowest BCUT2D eigenvalue weighted by molar-refractivity contribution is 0.410. The summed E-state index contributed by atoms with van der Waals surface area (Å²) in [5.41, 5.74) is 1.94. The second-order valence-corrected chi connectivity index (χ2v) is 7.02. The molecule has 0 saturated carbocycles. The Morgan fingerprint density at radius 3 is 2.71 bits per heavy atom. The number of piperidine rings is 1. The molecule has 1 fully saturated rings. The molecule has 7 heteroatoms. The number of aromatic nitrogens is 1. The van der Waals surface area contributed by atoms with Gasteiger partial charge >= 0.3 is 0 Å². The van der Waals surface area contributed by atoms with Gasteiger partial charge in [-0.15, -0.1) is 0 Å². The summed E-state index contributed by atoms with van der Waals surface area (Å²) >= 11 is 0. The summed E-state index contributed by atoms with van der Waals surface area (Å²) in [5, 5.41) is 16.8. The minimum Gasteiger partial charge on any atom is -0.508 e. The van der Waals surface area contributed by atoms with Gasteiger partial charge in [-0.05, 0) is 49.6 Å². The number of anilines is 1. The fourth-order valence-corrected chi connectivity index (χ4v) is 3.30. The molecule has 1 aliphatic rings. The molecule has 1 saturated heterocycles. The van der Waals surface area contributed by atoms with Crippen molar-refractivity contribution in [3.8, 4) is 11.5 Å². The third kappa shape index (κ3) is 5.06. The van der Waals surface area contributed by atoms with Crippen LogP contribution in [0, 0.1) is 6.92 Å². The number of methoxy groups -OCH3 is 1. The van der Waals surface area contributed by atoms with Crippen LogP contribution in [0.4, 0.5) is 5.82 Å². The number of rotatable bonds is 5. The van der Waals surface area contributed by atoms with Crippen LogP contribution < -0.4 is 20.3 Å². The summed E-state index contributed by atoms with van der Waals surface area (Å²) in [5.74, 6) is 2.73. The molecule has 0 unspecified atom stereocenters. The maximum absolute atomic E-state index is 10.0. The number of ether oxygens (including phenoxy) is 1. The van der Waals surface area contributed by atoms with Crippen molar-refractivity contribution in [1.82, 2.24) is 15.6 Å². The molecule has 2 heterocycles. The first-order valence-electron chi connectivity index (χ1n) is 9.59. The zero-order chi connectivity index (χ0) is 19.9. The smallest absolute Gasteiger partial charge is 0.191 e. The Morgan fingerprint density at radius 1 is 1.29 bits per heavy atom. The largest absolute Gasteiger partial charge is 0.508 e. The average molecular weight is 383 g/mol. The van der Waals surface area contributed by atoms with Crippen molar-refractivity contribution in [3.63, 3.8) is 0 Å². The highest BCUT2D eigenvalue weighted by Gasteiger charge is 2.21. The molecule has 0 radical (unpaired) electrons. The van der Waals surface area contributed by atoms with Gasteiger partial charge in [0.15, 0.2) is 5.96 Å². The minimum atomic E-state index is 0.239. The van der Waals surface area contributed by atoms with Gasteiger partial charge in [-0.3, -0.25) is 4.99 Å². The number of aliphatic imine (C=N–C) groups is 1. The average Bonchev–Trinajstić information content (AvgIpc) is 2.73. The highest BCUT2D eigenvalue weighted by molar-refractivity contribution is 5.80. The molecular weight excluding hydrogens is 354 g/mol. The monoisotopic (exact) mass is 383 g/mol. The molecule has 0 amide bonds. The summed E-state index contributed by atoms with van der Waals surface area (Å²) in [7, 11) is 3.37. The fraction of sp³-hybridized carbons (Fsp3) is 0.429. The van der Waals surface area contributed by atoms with E-state index >= 15 is 0 Å². The Kier molecular flexibility index (Phi) is 6.57. The molecule has 28 heavy (non-hydrogen) atoms. The Morgan fingerprint density at radius 2 is 2.07 bits per heavy atom. The highest BCUT2D eigenvalue weighted by atomic mass is 16.5. The number of hydrogen-bond acceptors (Lipinski definition) is 5. The van der Waals surface area contributed by atoms with Crippen molar-refractivity contribution < 1.29 is 9.84 Å². The third-order valence-electron chi connectivity index (χ3n) is 5.01. The minimum absolute atomic E-state index is 0.239. The van der Waals surface area contributed by atoms with Gasteiger partial charge in [-0.1, -0.05) is 6.07 Å². The van der Waals surface area contributed by atoms with E-state index in [1.807, 2.05) is 12.3 Å². The molecule has 1 aromatic carbocycles. The van der Waals surface area contributed by atoms with Gasteiger partial charge < -0.3 is 25.4 Å². The topological polar surface area (TPSA) is 82.0 Å². The lowest BCUT2D eigenvalue weighted by Crippen LogP contribution is -2.48. The third-order valence-corrected chi connectivity index (χ3v) is 5.01. The number of guanidine groups is 1. The summed E-state index contributed by atoms with van der Waals surface area (Å²) in [4.78, 5) is 11.2. The number of aryl methyl sites for hydroxylation is 1. The van der Waals surface area contributed by atoms with Crippen molar-refractivity contribution >= 4 is 11.8 Å². The lowest BCUT2D eigenvalue weighted by Gasteiger charge is -2.33. The van der Waals surface area contributed by atoms with Crippen molar-refractivity contribution in [2.45, 2.75) is 32.4 Å². The SMILES string of the molecule is CN=C(NCc1cc(OC)ccc1O)NC1CCN(c2ccc(C)cn2)CC1. The first kappa shape index (κ1) is 19.8. The van der Waals surface area contributed by atoms with Crippen LogP contribution in [0.1, 0.15) is 24.0 Å². The van der Waals surface area contributed by atoms with E-state index < -0.39 is 0 Å². The molecule has 0 aliphatic carbocycles. The Balaban J connectivity index is 1.50. The highest BCUT2D eigenvalue weighted by Crippen LogP contribution is 2.22. The number of benzene rings is 1. The van der Waals surface area contributed by atoms with E-state index in [-0.39, 0.29) is 5.75 Å². The summed E-state index contributed by atoms with van der Waals surface area (Å²) < 4.78 is 5.22. The molecule has 0 spiro atoms. The first-order chi connectivity index (χ1) is 13.6. The van der Waals surface area contributed by atoms with Crippen LogP contribution in [0.3, 0.4) is 0 Å². The number of phenolic OH excluding ortho intramolecular Hbond substituents is 1. The van der Waals surface area contributed by atoms with Crippen LogP contribution in [-0.4, -0.2) is 49.3 Å². The molecule has 1 aromatic heterocycles. The van der Waals surface area contributed by atoms with E-state index in [2.05, 4.69) is 44.6 Å². The predicted molar refractivity (Wildman–Crippen MR) is 112 cm³/mol. The van der Waals surface area contributed by atoms with Crippen LogP contribution in [0.2, 0.25) is 0 Å². The lowest BCUT2D eigenvalue weighted by atomic mass is 10.1. The van der Waals surface area contributed by atoms with Crippen molar-refractivity contribution in [3.05, 3.63) is 47.7 Å². The van der Waals surface area contributed by atoms with E-state index in [9.17, 15) is 5.11 Å². The number of nitrogens with zero attached hydrogens (tertiary/aromatic N) is 3. The molecular formula is C21H29N5O2. The molecule has 0 bridgehead atoms. The normalized spacial score (nSPS) is 15.4. The van der Waals surface area contributed by atoms with Crippen molar-refractivity contribution in [2.24, 2.45) is 4.99 Å². The quantitative estimate of drug-likeness (QED) is 0.543. The zero-order valence-corrected chi connectivity index (χ0v) is 16.8. The Hall–Kier alpha value is -2.96. The van der Waals surface area contributed by atoms with Gasteiger partial charge in [-0.2, -0.15) is 0 Å². The van der Waals surface area contributed by atoms with Gasteiger partial charge in [0.25, 0.3) is 0 Å². The molecule has 3 N–H and O–H groups in total. The fourth-order valence-electron chi connectivity index (χ4n) is 3.30. The van der Waals surface area contributed by atoms with Gasteiger partial charge in [0, 0.05) is 44.5 Å². The van der Waals surface area contributed by atoms with Crippen LogP contribution in [0.25, 0.3) is 0 Å². The van der Waals surface area contributed by atoms with E-state index in [1.165, 1.54) is 5.56 Å². The molecule has 1 aliphatic heterocycles. The van der Waals surface area contributed by atoms with Gasteiger partial charge in [0.1, 0.15) is 17.3 Å². The second-order valence-electron chi connectivity index (χ2n) is 7.02. The maximum Gasteiger partial charge on any atom is 0.191 e. The van der Waals surface area contributed by atoms with Gasteiger partial charge in [0.2, 0.25) is 0 Å². The molecule has 7 nitrogen and oxygen atoms in total. The molecule has 3 rings (SSSR count). The molecule has 0 atom stereocenters. The standard InChI is InChI=1S/C21H29N5O2/c1-15-4-7-20(23-13-15)26-10-8-17(9-11-26)25-21(22-2)24-14-16-12-18(28-3)5-6-19(16)27/h4-7,12-13,17,27H,8-11,14H2,1-3H3,(H2,22,24,25). The van der Waals surface area contributed by atoms with Crippen LogP contribution >= 0.6 is 0 Å². The predicted octanol–water partition coefficient (Wildman–Crippen LogP) is 2.44. The zero-order valence-electron chi connectivity index (χ0n) is 16.8. The van der Waals surface area contributed by atoms with Crippen LogP contribution in [-0.2, 0) is 6.54 Å². The number of phenols is 1. The summed E-state index contributed by atoms with van der Waals surface area (Å²) in [6, 6.07) is 9.75. The second kappa shape index (κ2) is 9.30. The van der Waals surface area contributed by atoms with Gasteiger partial charge in [-0.25, -0.2) is 4.98 Å². The van der Waals surface area contributed by atoms with Gasteiger partial charge in [0.05, 0.1) is 7.11 Å². The summed E-state index contributed by atoms with van der Waals surface area (Å²) in [6.07, 6.45) is 3.95. The number of nitrogens with one attached hydrogen (secondary N) is 2. The molecule has 150 valence electrons.